The van der Waals surface area contributed by atoms with Gasteiger partial charge in [-0.1, -0.05) is 45.3 Å². The molecule has 2 unspecified atom stereocenters. The molecule has 1 heteroatoms. The minimum atomic E-state index is 0.284. The van der Waals surface area contributed by atoms with E-state index >= 15 is 0 Å². The molecule has 1 saturated carbocycles. The maximum atomic E-state index is 8.89. The predicted molar refractivity (Wildman–Crippen MR) is 70.4 cm³/mol. The van der Waals surface area contributed by atoms with Crippen LogP contribution in [-0.2, 0) is 0 Å². The number of aliphatic hydroxyl groups excluding tert-OH is 1. The first-order valence-corrected chi connectivity index (χ1v) is 6.74. The van der Waals surface area contributed by atoms with Gasteiger partial charge in [0.15, 0.2) is 0 Å². The smallest absolute Gasteiger partial charge is 0.0468 e. The van der Waals surface area contributed by atoms with Crippen molar-refractivity contribution in [3.05, 3.63) is 11.6 Å². The van der Waals surface area contributed by atoms with Crippen LogP contribution in [0.4, 0.5) is 0 Å². The Morgan fingerprint density at radius 2 is 2.12 bits per heavy atom. The van der Waals surface area contributed by atoms with Gasteiger partial charge in [-0.2, -0.15) is 0 Å². The summed E-state index contributed by atoms with van der Waals surface area (Å²) in [5, 5.41) is 8.89. The molecule has 0 heterocycles. The lowest BCUT2D eigenvalue weighted by molar-refractivity contribution is 0.0861. The van der Waals surface area contributed by atoms with Crippen LogP contribution < -0.4 is 0 Å². The summed E-state index contributed by atoms with van der Waals surface area (Å²) >= 11 is 0. The fourth-order valence-electron chi connectivity index (χ4n) is 3.19. The van der Waals surface area contributed by atoms with Crippen molar-refractivity contribution in [2.45, 2.75) is 59.8 Å². The van der Waals surface area contributed by atoms with Gasteiger partial charge in [-0.25, -0.2) is 0 Å². The molecule has 1 aliphatic carbocycles. The second-order valence-electron chi connectivity index (χ2n) is 6.22. The van der Waals surface area contributed by atoms with E-state index in [1.54, 1.807) is 0 Å². The van der Waals surface area contributed by atoms with E-state index in [0.29, 0.717) is 5.41 Å². The Balaban J connectivity index is 2.59. The van der Waals surface area contributed by atoms with Crippen molar-refractivity contribution in [2.75, 3.05) is 6.61 Å². The van der Waals surface area contributed by atoms with Crippen molar-refractivity contribution in [1.82, 2.24) is 0 Å². The number of hydrogen-bond acceptors (Lipinski definition) is 1. The molecular weight excluding hydrogens is 196 g/mol. The fraction of sp³-hybridized carbons (Fsp3) is 0.867. The van der Waals surface area contributed by atoms with E-state index in [1.807, 2.05) is 0 Å². The molecular formula is C15H28O. The number of hydrogen-bond donors (Lipinski definition) is 1. The van der Waals surface area contributed by atoms with Crippen LogP contribution in [0.25, 0.3) is 0 Å². The van der Waals surface area contributed by atoms with E-state index in [1.165, 1.54) is 31.3 Å². The molecule has 0 aromatic rings. The van der Waals surface area contributed by atoms with Gasteiger partial charge in [0.25, 0.3) is 0 Å². The summed E-state index contributed by atoms with van der Waals surface area (Å²) < 4.78 is 0. The zero-order valence-corrected chi connectivity index (χ0v) is 11.4. The van der Waals surface area contributed by atoms with Crippen LogP contribution in [0.1, 0.15) is 59.8 Å². The molecule has 1 aliphatic rings. The highest BCUT2D eigenvalue weighted by molar-refractivity contribution is 5.01. The minimum absolute atomic E-state index is 0.284. The monoisotopic (exact) mass is 224 g/mol. The van der Waals surface area contributed by atoms with Gasteiger partial charge in [0.05, 0.1) is 0 Å². The molecule has 1 N–H and O–H groups in total. The highest BCUT2D eigenvalue weighted by atomic mass is 16.2. The summed E-state index contributed by atoms with van der Waals surface area (Å²) in [5.41, 5.74) is 1.84. The van der Waals surface area contributed by atoms with E-state index < -0.39 is 0 Å². The Kier molecular flexibility index (Phi) is 5.04. The normalized spacial score (nSPS) is 30.4. The van der Waals surface area contributed by atoms with E-state index in [2.05, 4.69) is 33.8 Å². The zero-order valence-electron chi connectivity index (χ0n) is 11.4. The van der Waals surface area contributed by atoms with Crippen LogP contribution >= 0.6 is 0 Å². The van der Waals surface area contributed by atoms with Gasteiger partial charge in [-0.3, -0.25) is 0 Å². The van der Waals surface area contributed by atoms with Gasteiger partial charge < -0.3 is 5.11 Å². The fourth-order valence-corrected chi connectivity index (χ4v) is 3.19. The summed E-state index contributed by atoms with van der Waals surface area (Å²) in [4.78, 5) is 0. The molecule has 0 spiro atoms. The average Bonchev–Trinajstić information content (AvgIpc) is 2.16. The Labute approximate surface area is 101 Å². The summed E-state index contributed by atoms with van der Waals surface area (Å²) in [5.74, 6) is 1.66. The average molecular weight is 224 g/mol. The van der Waals surface area contributed by atoms with E-state index in [9.17, 15) is 0 Å². The highest BCUT2D eigenvalue weighted by Gasteiger charge is 2.35. The first-order valence-electron chi connectivity index (χ1n) is 6.74. The SMILES string of the molecule is C/C(=C\CC1C(C)CCCC1(C)C)CCO. The van der Waals surface area contributed by atoms with Gasteiger partial charge in [0, 0.05) is 6.61 Å². The van der Waals surface area contributed by atoms with Gasteiger partial charge in [0.1, 0.15) is 0 Å². The van der Waals surface area contributed by atoms with Gasteiger partial charge in [-0.15, -0.1) is 0 Å². The molecule has 0 saturated heterocycles. The first-order chi connectivity index (χ1) is 7.47. The molecule has 0 radical (unpaired) electrons. The molecule has 0 aromatic heterocycles. The maximum absolute atomic E-state index is 8.89. The molecule has 0 bridgehead atoms. The predicted octanol–water partition coefficient (Wildman–Crippen LogP) is 4.17. The van der Waals surface area contributed by atoms with Crippen LogP contribution in [0.2, 0.25) is 0 Å². The molecule has 16 heavy (non-hydrogen) atoms. The number of allylic oxidation sites excluding steroid dienone is 1. The topological polar surface area (TPSA) is 20.2 Å². The quantitative estimate of drug-likeness (QED) is 0.711. The standard InChI is InChI=1S/C15H28O/c1-12(9-11-16)7-8-14-13(2)6-5-10-15(14,3)4/h7,13-14,16H,5-6,8-11H2,1-4H3/b12-7+. The van der Waals surface area contributed by atoms with Gasteiger partial charge >= 0.3 is 0 Å². The lowest BCUT2D eigenvalue weighted by Crippen LogP contribution is -2.33. The van der Waals surface area contributed by atoms with Crippen molar-refractivity contribution in [1.29, 1.82) is 0 Å². The molecule has 1 rings (SSSR count). The van der Waals surface area contributed by atoms with Crippen LogP contribution in [-0.4, -0.2) is 11.7 Å². The molecule has 0 aromatic carbocycles. The lowest BCUT2D eigenvalue weighted by Gasteiger charge is -2.42. The van der Waals surface area contributed by atoms with Crippen LogP contribution in [0.3, 0.4) is 0 Å². The Morgan fingerprint density at radius 3 is 2.69 bits per heavy atom. The largest absolute Gasteiger partial charge is 0.396 e. The molecule has 2 atom stereocenters. The van der Waals surface area contributed by atoms with E-state index in [4.69, 9.17) is 5.11 Å². The molecule has 94 valence electrons. The molecule has 0 aliphatic heterocycles. The van der Waals surface area contributed by atoms with Crippen molar-refractivity contribution in [3.8, 4) is 0 Å². The van der Waals surface area contributed by atoms with Crippen LogP contribution in [0.15, 0.2) is 11.6 Å². The summed E-state index contributed by atoms with van der Waals surface area (Å²) in [7, 11) is 0. The summed E-state index contributed by atoms with van der Waals surface area (Å²) in [6, 6.07) is 0. The second kappa shape index (κ2) is 5.86. The second-order valence-corrected chi connectivity index (χ2v) is 6.22. The van der Waals surface area contributed by atoms with E-state index in [0.717, 1.165) is 18.3 Å². The molecule has 1 nitrogen and oxygen atoms in total. The third-order valence-corrected chi connectivity index (χ3v) is 4.40. The van der Waals surface area contributed by atoms with Gasteiger partial charge in [0.2, 0.25) is 0 Å². The third-order valence-electron chi connectivity index (χ3n) is 4.40. The third kappa shape index (κ3) is 3.62. The van der Waals surface area contributed by atoms with Crippen molar-refractivity contribution in [2.24, 2.45) is 17.3 Å². The van der Waals surface area contributed by atoms with Crippen molar-refractivity contribution in [3.63, 3.8) is 0 Å². The van der Waals surface area contributed by atoms with Gasteiger partial charge in [-0.05, 0) is 43.4 Å². The zero-order chi connectivity index (χ0) is 12.2. The first kappa shape index (κ1) is 13.8. The highest BCUT2D eigenvalue weighted by Crippen LogP contribution is 2.45. The van der Waals surface area contributed by atoms with Crippen LogP contribution in [0, 0.1) is 17.3 Å². The number of aliphatic hydroxyl groups is 1. The summed E-state index contributed by atoms with van der Waals surface area (Å²) in [6.07, 6.45) is 8.53. The lowest BCUT2D eigenvalue weighted by atomic mass is 9.63. The van der Waals surface area contributed by atoms with Crippen LogP contribution in [0.5, 0.6) is 0 Å². The number of rotatable bonds is 4. The summed E-state index contributed by atoms with van der Waals surface area (Å²) in [6.45, 7) is 9.66. The minimum Gasteiger partial charge on any atom is -0.396 e. The maximum Gasteiger partial charge on any atom is 0.0468 e. The Hall–Kier alpha value is -0.300. The van der Waals surface area contributed by atoms with Crippen molar-refractivity contribution >= 4 is 0 Å². The molecule has 0 amide bonds. The molecule has 1 fully saturated rings. The Morgan fingerprint density at radius 1 is 1.44 bits per heavy atom. The Bertz CT molecular complexity index is 240. The van der Waals surface area contributed by atoms with E-state index in [-0.39, 0.29) is 6.61 Å². The van der Waals surface area contributed by atoms with Crippen molar-refractivity contribution < 1.29 is 5.11 Å².